The molecule has 2 rings (SSSR count). The molecule has 0 radical (unpaired) electrons. The maximum atomic E-state index is 5.30. The van der Waals surface area contributed by atoms with Gasteiger partial charge in [-0.3, -0.25) is 0 Å². The maximum absolute atomic E-state index is 5.30. The van der Waals surface area contributed by atoms with Gasteiger partial charge in [0.15, 0.2) is 0 Å². The molecule has 1 aromatic rings. The van der Waals surface area contributed by atoms with E-state index in [0.29, 0.717) is 12.2 Å². The third-order valence-electron chi connectivity index (χ3n) is 1.84. The molecule has 0 bridgehead atoms. The predicted octanol–water partition coefficient (Wildman–Crippen LogP) is 2.15. The minimum atomic E-state index is 0.376. The molecule has 0 aromatic heterocycles. The minimum absolute atomic E-state index is 0.376. The molecule has 0 saturated carbocycles. The molecule has 1 aliphatic rings. The van der Waals surface area contributed by atoms with E-state index in [1.165, 1.54) is 5.56 Å². The van der Waals surface area contributed by atoms with Crippen molar-refractivity contribution in [1.82, 2.24) is 0 Å². The van der Waals surface area contributed by atoms with Gasteiger partial charge in [0.25, 0.3) is 0 Å². The van der Waals surface area contributed by atoms with Crippen molar-refractivity contribution < 1.29 is 4.74 Å². The summed E-state index contributed by atoms with van der Waals surface area (Å²) in [6.45, 7) is 2.09. The summed E-state index contributed by atoms with van der Waals surface area (Å²) in [7, 11) is 0. The second-order valence-electron chi connectivity index (χ2n) is 2.67. The second kappa shape index (κ2) is 2.10. The maximum Gasteiger partial charge on any atom is 0.109 e. The van der Waals surface area contributed by atoms with E-state index in [-0.39, 0.29) is 0 Å². The highest BCUT2D eigenvalue weighted by atomic mass is 16.6. The van der Waals surface area contributed by atoms with Crippen LogP contribution in [0.4, 0.5) is 0 Å². The van der Waals surface area contributed by atoms with Crippen LogP contribution in [-0.2, 0) is 4.74 Å². The number of hydrogen-bond donors (Lipinski definition) is 0. The lowest BCUT2D eigenvalue weighted by Crippen LogP contribution is -1.80. The van der Waals surface area contributed by atoms with E-state index in [1.54, 1.807) is 0 Å². The summed E-state index contributed by atoms with van der Waals surface area (Å²) < 4.78 is 5.30. The molecule has 1 aliphatic heterocycles. The molecular weight excluding hydrogens is 124 g/mol. The molecule has 0 spiro atoms. The number of hydrogen-bond acceptors (Lipinski definition) is 1. The van der Waals surface area contributed by atoms with Crippen LogP contribution >= 0.6 is 0 Å². The summed E-state index contributed by atoms with van der Waals surface area (Å²) in [5, 5.41) is 0. The highest BCUT2D eigenvalue weighted by Crippen LogP contribution is 2.37. The number of rotatable bonds is 1. The molecule has 1 saturated heterocycles. The first kappa shape index (κ1) is 5.93. The van der Waals surface area contributed by atoms with Crippen LogP contribution in [0.5, 0.6) is 0 Å². The van der Waals surface area contributed by atoms with Gasteiger partial charge in [-0.05, 0) is 12.5 Å². The topological polar surface area (TPSA) is 12.5 Å². The third kappa shape index (κ3) is 0.929. The van der Waals surface area contributed by atoms with Crippen LogP contribution in [0.1, 0.15) is 18.6 Å². The van der Waals surface area contributed by atoms with Crippen molar-refractivity contribution in [2.75, 3.05) is 0 Å². The molecule has 1 aromatic carbocycles. The van der Waals surface area contributed by atoms with Gasteiger partial charge in [-0.15, -0.1) is 0 Å². The molecule has 2 atom stereocenters. The molecule has 1 heterocycles. The standard InChI is InChI=1S/C9H10O/c1-7-9(10-7)8-5-3-2-4-6-8/h2-7,9H,1H3/t7-,9?/m0/s1. The van der Waals surface area contributed by atoms with Gasteiger partial charge in [0.1, 0.15) is 6.10 Å². The molecule has 1 unspecified atom stereocenters. The molecule has 1 fully saturated rings. The van der Waals surface area contributed by atoms with Crippen molar-refractivity contribution in [3.63, 3.8) is 0 Å². The summed E-state index contributed by atoms with van der Waals surface area (Å²) in [4.78, 5) is 0. The summed E-state index contributed by atoms with van der Waals surface area (Å²) in [6, 6.07) is 10.3. The highest BCUT2D eigenvalue weighted by molar-refractivity contribution is 5.21. The van der Waals surface area contributed by atoms with Crippen molar-refractivity contribution in [1.29, 1.82) is 0 Å². The zero-order valence-electron chi connectivity index (χ0n) is 5.95. The Morgan fingerprint density at radius 2 is 1.80 bits per heavy atom. The average molecular weight is 134 g/mol. The molecule has 0 aliphatic carbocycles. The van der Waals surface area contributed by atoms with Crippen LogP contribution in [-0.4, -0.2) is 6.10 Å². The quantitative estimate of drug-likeness (QED) is 0.536. The number of benzene rings is 1. The Labute approximate surface area is 60.6 Å². The van der Waals surface area contributed by atoms with Crippen LogP contribution in [0.3, 0.4) is 0 Å². The van der Waals surface area contributed by atoms with E-state index in [0.717, 1.165) is 0 Å². The van der Waals surface area contributed by atoms with Crippen LogP contribution < -0.4 is 0 Å². The van der Waals surface area contributed by atoms with E-state index >= 15 is 0 Å². The molecule has 1 heteroatoms. The Morgan fingerprint density at radius 3 is 2.30 bits per heavy atom. The molecule has 0 N–H and O–H groups in total. The van der Waals surface area contributed by atoms with E-state index in [1.807, 2.05) is 18.2 Å². The zero-order chi connectivity index (χ0) is 6.97. The first-order chi connectivity index (χ1) is 4.88. The number of epoxide rings is 1. The molecule has 1 nitrogen and oxygen atoms in total. The van der Waals surface area contributed by atoms with Gasteiger partial charge in [0.05, 0.1) is 6.10 Å². The largest absolute Gasteiger partial charge is 0.365 e. The minimum Gasteiger partial charge on any atom is -0.365 e. The Morgan fingerprint density at radius 1 is 1.20 bits per heavy atom. The third-order valence-corrected chi connectivity index (χ3v) is 1.84. The van der Waals surface area contributed by atoms with E-state index < -0.39 is 0 Å². The van der Waals surface area contributed by atoms with Crippen LogP contribution in [0.15, 0.2) is 30.3 Å². The lowest BCUT2D eigenvalue weighted by molar-refractivity contribution is 0.383. The van der Waals surface area contributed by atoms with Crippen molar-refractivity contribution in [3.8, 4) is 0 Å². The summed E-state index contributed by atoms with van der Waals surface area (Å²) in [5.74, 6) is 0. The Hall–Kier alpha value is -0.820. The van der Waals surface area contributed by atoms with Gasteiger partial charge in [-0.1, -0.05) is 30.3 Å². The summed E-state index contributed by atoms with van der Waals surface area (Å²) in [6.07, 6.45) is 0.809. The van der Waals surface area contributed by atoms with Gasteiger partial charge in [0, 0.05) is 0 Å². The fourth-order valence-corrected chi connectivity index (χ4v) is 1.18. The lowest BCUT2D eigenvalue weighted by atomic mass is 10.1. The average Bonchev–Trinajstić information content (AvgIpc) is 2.69. The van der Waals surface area contributed by atoms with Gasteiger partial charge < -0.3 is 4.74 Å². The van der Waals surface area contributed by atoms with Crippen molar-refractivity contribution in [3.05, 3.63) is 35.9 Å². The Kier molecular flexibility index (Phi) is 1.24. The Balaban J connectivity index is 2.20. The van der Waals surface area contributed by atoms with Crippen molar-refractivity contribution in [2.24, 2.45) is 0 Å². The van der Waals surface area contributed by atoms with E-state index in [9.17, 15) is 0 Å². The fourth-order valence-electron chi connectivity index (χ4n) is 1.18. The van der Waals surface area contributed by atoms with E-state index in [4.69, 9.17) is 4.74 Å². The van der Waals surface area contributed by atoms with Crippen LogP contribution in [0, 0.1) is 0 Å². The van der Waals surface area contributed by atoms with Gasteiger partial charge >= 0.3 is 0 Å². The SMILES string of the molecule is C[C@@H]1OC1c1ccccc1. The molecule has 0 amide bonds. The second-order valence-corrected chi connectivity index (χ2v) is 2.67. The summed E-state index contributed by atoms with van der Waals surface area (Å²) >= 11 is 0. The number of ether oxygens (including phenoxy) is 1. The molecular formula is C9H10O. The smallest absolute Gasteiger partial charge is 0.109 e. The predicted molar refractivity (Wildman–Crippen MR) is 39.7 cm³/mol. The lowest BCUT2D eigenvalue weighted by Gasteiger charge is -1.90. The normalized spacial score (nSPS) is 30.1. The van der Waals surface area contributed by atoms with E-state index in [2.05, 4.69) is 19.1 Å². The molecule has 52 valence electrons. The summed E-state index contributed by atoms with van der Waals surface area (Å²) in [5.41, 5.74) is 1.30. The monoisotopic (exact) mass is 134 g/mol. The van der Waals surface area contributed by atoms with Crippen LogP contribution in [0.2, 0.25) is 0 Å². The first-order valence-electron chi connectivity index (χ1n) is 3.58. The van der Waals surface area contributed by atoms with Crippen molar-refractivity contribution in [2.45, 2.75) is 19.1 Å². The first-order valence-corrected chi connectivity index (χ1v) is 3.58. The van der Waals surface area contributed by atoms with Gasteiger partial charge in [-0.2, -0.15) is 0 Å². The Bertz CT molecular complexity index is 217. The van der Waals surface area contributed by atoms with Gasteiger partial charge in [0.2, 0.25) is 0 Å². The highest BCUT2D eigenvalue weighted by Gasteiger charge is 2.35. The molecule has 10 heavy (non-hydrogen) atoms. The van der Waals surface area contributed by atoms with Crippen molar-refractivity contribution >= 4 is 0 Å². The van der Waals surface area contributed by atoms with Gasteiger partial charge in [-0.25, -0.2) is 0 Å². The fraction of sp³-hybridized carbons (Fsp3) is 0.333. The zero-order valence-corrected chi connectivity index (χ0v) is 5.95. The van der Waals surface area contributed by atoms with Crippen LogP contribution in [0.25, 0.3) is 0 Å².